The minimum absolute atomic E-state index is 0.858. The normalized spacial score (nSPS) is 14.3. The average molecular weight is 222 g/mol. The van der Waals surface area contributed by atoms with E-state index in [1.807, 2.05) is 0 Å². The first kappa shape index (κ1) is 11.7. The van der Waals surface area contributed by atoms with E-state index in [1.165, 1.54) is 29.5 Å². The van der Waals surface area contributed by atoms with Gasteiger partial charge in [-0.1, -0.05) is 67.7 Å². The molecule has 1 aromatic carbocycles. The van der Waals surface area contributed by atoms with Crippen molar-refractivity contribution in [3.8, 4) is 11.8 Å². The van der Waals surface area contributed by atoms with Crippen LogP contribution in [0.2, 0.25) is 0 Å². The van der Waals surface area contributed by atoms with Crippen LogP contribution in [0.5, 0.6) is 0 Å². The summed E-state index contributed by atoms with van der Waals surface area (Å²) in [6.45, 7) is 2.21. The van der Waals surface area contributed by atoms with Crippen molar-refractivity contribution in [2.75, 3.05) is 0 Å². The molecule has 2 rings (SSSR count). The molecule has 0 unspecified atom stereocenters. The highest BCUT2D eigenvalue weighted by molar-refractivity contribution is 5.74. The van der Waals surface area contributed by atoms with Crippen LogP contribution in [0, 0.1) is 11.8 Å². The number of allylic oxidation sites excluding steroid dienone is 4. The van der Waals surface area contributed by atoms with Crippen molar-refractivity contribution in [1.29, 1.82) is 0 Å². The van der Waals surface area contributed by atoms with Crippen molar-refractivity contribution >= 4 is 5.57 Å². The molecule has 0 aliphatic heterocycles. The molecule has 0 amide bonds. The highest BCUT2D eigenvalue weighted by Crippen LogP contribution is 2.19. The van der Waals surface area contributed by atoms with E-state index in [0.29, 0.717) is 0 Å². The van der Waals surface area contributed by atoms with Crippen LogP contribution < -0.4 is 0 Å². The second-order valence-electron chi connectivity index (χ2n) is 4.27. The van der Waals surface area contributed by atoms with E-state index < -0.39 is 0 Å². The molecule has 0 fully saturated rings. The summed E-state index contributed by atoms with van der Waals surface area (Å²) in [5.74, 6) is 6.24. The van der Waals surface area contributed by atoms with Crippen LogP contribution >= 0.6 is 0 Å². The molecule has 0 radical (unpaired) electrons. The van der Waals surface area contributed by atoms with Gasteiger partial charge in [-0.2, -0.15) is 0 Å². The van der Waals surface area contributed by atoms with Crippen LogP contribution in [-0.2, 0) is 6.42 Å². The zero-order chi connectivity index (χ0) is 11.9. The summed E-state index contributed by atoms with van der Waals surface area (Å²) < 4.78 is 0. The Morgan fingerprint density at radius 1 is 1.06 bits per heavy atom. The maximum atomic E-state index is 3.14. The number of benzene rings is 1. The fourth-order valence-electron chi connectivity index (χ4n) is 1.98. The third kappa shape index (κ3) is 3.36. The molecule has 0 nitrogen and oxygen atoms in total. The predicted molar refractivity (Wildman–Crippen MR) is 74.6 cm³/mol. The molecular formula is C17H18. The Hall–Kier alpha value is -1.74. The second kappa shape index (κ2) is 6.11. The van der Waals surface area contributed by atoms with Gasteiger partial charge in [-0.3, -0.25) is 0 Å². The second-order valence-corrected chi connectivity index (χ2v) is 4.27. The maximum absolute atomic E-state index is 3.14. The van der Waals surface area contributed by atoms with Gasteiger partial charge in [0.1, 0.15) is 0 Å². The molecule has 0 bridgehead atoms. The molecule has 0 saturated heterocycles. The summed E-state index contributed by atoms with van der Waals surface area (Å²) in [6.07, 6.45) is 10.6. The zero-order valence-electron chi connectivity index (χ0n) is 10.4. The third-order valence-corrected chi connectivity index (χ3v) is 2.89. The summed E-state index contributed by atoms with van der Waals surface area (Å²) >= 11 is 0. The van der Waals surface area contributed by atoms with Gasteiger partial charge in [0, 0.05) is 12.8 Å². The molecule has 1 aromatic rings. The molecule has 0 aromatic heterocycles. The van der Waals surface area contributed by atoms with Gasteiger partial charge in [0.2, 0.25) is 0 Å². The van der Waals surface area contributed by atoms with E-state index in [1.54, 1.807) is 0 Å². The molecule has 1 aliphatic rings. The first-order valence-corrected chi connectivity index (χ1v) is 6.32. The lowest BCUT2D eigenvalue weighted by molar-refractivity contribution is 0.922. The number of hydrogen-bond acceptors (Lipinski definition) is 0. The highest BCUT2D eigenvalue weighted by atomic mass is 14.0. The van der Waals surface area contributed by atoms with E-state index in [2.05, 4.69) is 61.3 Å². The van der Waals surface area contributed by atoms with Gasteiger partial charge in [-0.25, -0.2) is 0 Å². The Kier molecular flexibility index (Phi) is 4.22. The number of hydrogen-bond donors (Lipinski definition) is 0. The van der Waals surface area contributed by atoms with Gasteiger partial charge in [0.25, 0.3) is 0 Å². The SMILES string of the molecule is CCCc1ccc(C2=CCC#CCC=C2)cc1. The van der Waals surface area contributed by atoms with Crippen LogP contribution in [0.1, 0.15) is 37.3 Å². The lowest BCUT2D eigenvalue weighted by Crippen LogP contribution is -1.86. The molecule has 0 atom stereocenters. The molecule has 0 saturated carbocycles. The lowest BCUT2D eigenvalue weighted by atomic mass is 10.00. The van der Waals surface area contributed by atoms with Gasteiger partial charge < -0.3 is 0 Å². The first-order chi connectivity index (χ1) is 8.40. The van der Waals surface area contributed by atoms with E-state index in [0.717, 1.165) is 12.8 Å². The van der Waals surface area contributed by atoms with E-state index >= 15 is 0 Å². The molecule has 0 spiro atoms. The van der Waals surface area contributed by atoms with Crippen molar-refractivity contribution in [3.05, 3.63) is 53.6 Å². The van der Waals surface area contributed by atoms with Gasteiger partial charge >= 0.3 is 0 Å². The van der Waals surface area contributed by atoms with E-state index in [-0.39, 0.29) is 0 Å². The van der Waals surface area contributed by atoms with Gasteiger partial charge in [0.15, 0.2) is 0 Å². The van der Waals surface area contributed by atoms with Gasteiger partial charge in [-0.15, -0.1) is 0 Å². The summed E-state index contributed by atoms with van der Waals surface area (Å²) in [7, 11) is 0. The molecule has 0 heteroatoms. The van der Waals surface area contributed by atoms with Gasteiger partial charge in [0.05, 0.1) is 0 Å². The fourth-order valence-corrected chi connectivity index (χ4v) is 1.98. The summed E-state index contributed by atoms with van der Waals surface area (Å²) in [5, 5.41) is 0. The topological polar surface area (TPSA) is 0 Å². The quantitative estimate of drug-likeness (QED) is 0.666. The summed E-state index contributed by atoms with van der Waals surface area (Å²) in [4.78, 5) is 0. The molecule has 86 valence electrons. The van der Waals surface area contributed by atoms with Crippen LogP contribution in [0.3, 0.4) is 0 Å². The lowest BCUT2D eigenvalue weighted by Gasteiger charge is -2.05. The molecule has 0 heterocycles. The van der Waals surface area contributed by atoms with Crippen molar-refractivity contribution in [3.63, 3.8) is 0 Å². The molecule has 1 aliphatic carbocycles. The maximum Gasteiger partial charge on any atom is 0.0278 e. The monoisotopic (exact) mass is 222 g/mol. The Labute approximate surface area is 104 Å². The highest BCUT2D eigenvalue weighted by Gasteiger charge is 1.98. The Bertz CT molecular complexity index is 475. The average Bonchev–Trinajstić information content (AvgIpc) is 2.30. The predicted octanol–water partition coefficient (Wildman–Crippen LogP) is 4.38. The zero-order valence-corrected chi connectivity index (χ0v) is 10.4. The Morgan fingerprint density at radius 2 is 1.82 bits per heavy atom. The van der Waals surface area contributed by atoms with E-state index in [4.69, 9.17) is 0 Å². The van der Waals surface area contributed by atoms with Crippen molar-refractivity contribution in [2.24, 2.45) is 0 Å². The summed E-state index contributed by atoms with van der Waals surface area (Å²) in [5.41, 5.74) is 4.01. The van der Waals surface area contributed by atoms with Crippen LogP contribution in [0.15, 0.2) is 42.5 Å². The van der Waals surface area contributed by atoms with Crippen LogP contribution in [-0.4, -0.2) is 0 Å². The first-order valence-electron chi connectivity index (χ1n) is 6.32. The van der Waals surface area contributed by atoms with Crippen molar-refractivity contribution < 1.29 is 0 Å². The third-order valence-electron chi connectivity index (χ3n) is 2.89. The minimum atomic E-state index is 0.858. The van der Waals surface area contributed by atoms with Crippen LogP contribution in [0.4, 0.5) is 0 Å². The minimum Gasteiger partial charge on any atom is -0.0988 e. The number of rotatable bonds is 3. The van der Waals surface area contributed by atoms with Crippen molar-refractivity contribution in [2.45, 2.75) is 32.6 Å². The molecular weight excluding hydrogens is 204 g/mol. The standard InChI is InChI=1S/C17H18/c1-2-8-15-11-13-17(14-12-15)16-9-6-4-3-5-7-10-16/h6,9-14H,2,4,7-8H2,1H3. The smallest absolute Gasteiger partial charge is 0.0278 e. The fraction of sp³-hybridized carbons (Fsp3) is 0.294. The van der Waals surface area contributed by atoms with Crippen LogP contribution in [0.25, 0.3) is 5.57 Å². The van der Waals surface area contributed by atoms with Crippen molar-refractivity contribution in [1.82, 2.24) is 0 Å². The van der Waals surface area contributed by atoms with E-state index in [9.17, 15) is 0 Å². The molecule has 0 N–H and O–H groups in total. The molecule has 17 heavy (non-hydrogen) atoms. The summed E-state index contributed by atoms with van der Waals surface area (Å²) in [6, 6.07) is 8.91. The Balaban J connectivity index is 2.19. The largest absolute Gasteiger partial charge is 0.0988 e. The number of aryl methyl sites for hydroxylation is 1. The Morgan fingerprint density at radius 3 is 2.59 bits per heavy atom. The van der Waals surface area contributed by atoms with Gasteiger partial charge in [-0.05, 0) is 23.1 Å².